The summed E-state index contributed by atoms with van der Waals surface area (Å²) >= 11 is 0. The van der Waals surface area contributed by atoms with Gasteiger partial charge in [-0.25, -0.2) is 0 Å². The van der Waals surface area contributed by atoms with Crippen LogP contribution >= 0.6 is 0 Å². The van der Waals surface area contributed by atoms with Gasteiger partial charge in [-0.15, -0.1) is 0 Å². The maximum Gasteiger partial charge on any atom is 0.223 e. The molecule has 1 aliphatic heterocycles. The highest BCUT2D eigenvalue weighted by molar-refractivity contribution is 6.32. The molecule has 3 rings (SSSR count). The lowest BCUT2D eigenvalue weighted by Gasteiger charge is -2.20. The molecule has 0 atom stereocenters. The van der Waals surface area contributed by atoms with Crippen LogP contribution < -0.4 is 15.5 Å². The van der Waals surface area contributed by atoms with E-state index < -0.39 is 0 Å². The fourth-order valence-corrected chi connectivity index (χ4v) is 2.04. The van der Waals surface area contributed by atoms with E-state index in [1.54, 1.807) is 0 Å². The van der Waals surface area contributed by atoms with E-state index in [1.165, 1.54) is 0 Å². The molecule has 3 nitrogen and oxygen atoms in total. The van der Waals surface area contributed by atoms with Crippen LogP contribution in [0.25, 0.3) is 11.1 Å². The lowest BCUT2D eigenvalue weighted by Crippen LogP contribution is -2.12. The Labute approximate surface area is 129 Å². The molecule has 0 aliphatic carbocycles. The van der Waals surface area contributed by atoms with Gasteiger partial charge in [0.1, 0.15) is 20.3 Å². The Kier molecular flexibility index (Phi) is 6.79. The van der Waals surface area contributed by atoms with Crippen molar-refractivity contribution in [1.82, 2.24) is 4.98 Å². The number of nitrogens with zero attached hydrogens (tertiary/aromatic N) is 1. The number of ether oxygens (including phenoxy) is 1. The van der Waals surface area contributed by atoms with Crippen molar-refractivity contribution in [3.8, 4) is 17.0 Å². The first kappa shape index (κ1) is 17.1. The van der Waals surface area contributed by atoms with Crippen LogP contribution in [0.1, 0.15) is 33.3 Å². The Morgan fingerprint density at radius 2 is 1.71 bits per heavy atom. The molecule has 2 aromatic rings. The predicted molar refractivity (Wildman–Crippen MR) is 91.6 cm³/mol. The van der Waals surface area contributed by atoms with Crippen molar-refractivity contribution in [3.05, 3.63) is 35.9 Å². The molecule has 4 heteroatoms. The highest BCUT2D eigenvalue weighted by atomic mass is 16.5. The minimum atomic E-state index is 0.521. The molecule has 0 unspecified atom stereocenters. The average molecular weight is 282 g/mol. The van der Waals surface area contributed by atoms with Gasteiger partial charge < -0.3 is 10.1 Å². The molecule has 0 spiro atoms. The number of nitrogens with one attached hydrogen (secondary N) is 1. The van der Waals surface area contributed by atoms with Gasteiger partial charge in [0.15, 0.2) is 0 Å². The van der Waals surface area contributed by atoms with E-state index in [-0.39, 0.29) is 0 Å². The number of hydrogen-bond acceptors (Lipinski definition) is 3. The van der Waals surface area contributed by atoms with E-state index >= 15 is 0 Å². The topological polar surface area (TPSA) is 34.1 Å². The maximum atomic E-state index is 5.77. The molecule has 0 fully saturated rings. The standard InChI is InChI=1S/C13H11BN2O.2C2H6/c1-15-12-5-4-11-10-3-2-9(14)6-8(10)7-17-13(11)16-12;2*1-2/h2-6H,7H2,1H3,(H,15,16);2*1-2H3. The average Bonchev–Trinajstić information content (AvgIpc) is 2.57. The van der Waals surface area contributed by atoms with E-state index in [0.717, 1.165) is 28.0 Å². The molecular weight excluding hydrogens is 259 g/mol. The van der Waals surface area contributed by atoms with Crippen molar-refractivity contribution >= 4 is 19.1 Å². The summed E-state index contributed by atoms with van der Waals surface area (Å²) in [7, 11) is 7.61. The highest BCUT2D eigenvalue weighted by Gasteiger charge is 2.18. The zero-order valence-corrected chi connectivity index (χ0v) is 13.5. The molecule has 1 aromatic carbocycles. The van der Waals surface area contributed by atoms with Crippen molar-refractivity contribution in [3.63, 3.8) is 0 Å². The number of benzene rings is 1. The van der Waals surface area contributed by atoms with E-state index in [2.05, 4.69) is 10.3 Å². The lowest BCUT2D eigenvalue weighted by molar-refractivity contribution is 0.290. The van der Waals surface area contributed by atoms with Gasteiger partial charge in [-0.3, -0.25) is 0 Å². The predicted octanol–water partition coefficient (Wildman–Crippen LogP) is 3.53. The molecule has 1 aromatic heterocycles. The molecule has 0 bridgehead atoms. The van der Waals surface area contributed by atoms with E-state index in [4.69, 9.17) is 12.6 Å². The second-order valence-corrected chi connectivity index (χ2v) is 4.00. The summed E-state index contributed by atoms with van der Waals surface area (Å²) in [4.78, 5) is 4.39. The van der Waals surface area contributed by atoms with Crippen molar-refractivity contribution in [1.29, 1.82) is 0 Å². The first-order valence-electron chi connectivity index (χ1n) is 7.48. The smallest absolute Gasteiger partial charge is 0.223 e. The third kappa shape index (κ3) is 3.78. The Hall–Kier alpha value is -1.97. The fourth-order valence-electron chi connectivity index (χ4n) is 2.04. The van der Waals surface area contributed by atoms with Gasteiger partial charge >= 0.3 is 0 Å². The second kappa shape index (κ2) is 8.35. The lowest BCUT2D eigenvalue weighted by atomic mass is 9.89. The van der Waals surface area contributed by atoms with Crippen LogP contribution in [0.2, 0.25) is 0 Å². The van der Waals surface area contributed by atoms with Crippen LogP contribution in [-0.2, 0) is 6.61 Å². The number of rotatable bonds is 1. The summed E-state index contributed by atoms with van der Waals surface area (Å²) in [5.41, 5.74) is 4.04. The number of fused-ring (bicyclic) bond motifs is 3. The Morgan fingerprint density at radius 3 is 2.38 bits per heavy atom. The minimum absolute atomic E-state index is 0.521. The molecule has 21 heavy (non-hydrogen) atoms. The zero-order chi connectivity index (χ0) is 15.8. The number of anilines is 1. The quantitative estimate of drug-likeness (QED) is 0.812. The molecule has 2 radical (unpaired) electrons. The molecule has 1 aliphatic rings. The molecule has 110 valence electrons. The summed E-state index contributed by atoms with van der Waals surface area (Å²) in [6.45, 7) is 8.52. The third-order valence-electron chi connectivity index (χ3n) is 2.90. The number of pyridine rings is 1. The van der Waals surface area contributed by atoms with Gasteiger partial charge in [-0.2, -0.15) is 4.98 Å². The Bertz CT molecular complexity index is 585. The monoisotopic (exact) mass is 282 g/mol. The van der Waals surface area contributed by atoms with Crippen molar-refractivity contribution in [2.45, 2.75) is 34.3 Å². The minimum Gasteiger partial charge on any atom is -0.472 e. The van der Waals surface area contributed by atoms with E-state index in [1.807, 2.05) is 65.1 Å². The molecule has 0 saturated carbocycles. The first-order valence-corrected chi connectivity index (χ1v) is 7.48. The van der Waals surface area contributed by atoms with Crippen LogP contribution in [0.5, 0.6) is 5.88 Å². The second-order valence-electron chi connectivity index (χ2n) is 4.00. The number of hydrogen-bond donors (Lipinski definition) is 1. The summed E-state index contributed by atoms with van der Waals surface area (Å²) in [5.74, 6) is 1.48. The van der Waals surface area contributed by atoms with Crippen LogP contribution in [0.3, 0.4) is 0 Å². The summed E-state index contributed by atoms with van der Waals surface area (Å²) in [5, 5.41) is 3.00. The van der Waals surface area contributed by atoms with Gasteiger partial charge in [-0.1, -0.05) is 51.4 Å². The van der Waals surface area contributed by atoms with E-state index in [9.17, 15) is 0 Å². The summed E-state index contributed by atoms with van der Waals surface area (Å²) < 4.78 is 5.64. The van der Waals surface area contributed by atoms with Gasteiger partial charge in [0.2, 0.25) is 5.88 Å². The Balaban J connectivity index is 0.000000510. The van der Waals surface area contributed by atoms with Gasteiger partial charge in [-0.05, 0) is 23.3 Å². The molecule has 2 heterocycles. The van der Waals surface area contributed by atoms with Crippen molar-refractivity contribution in [2.75, 3.05) is 12.4 Å². The third-order valence-corrected chi connectivity index (χ3v) is 2.90. The van der Waals surface area contributed by atoms with Crippen molar-refractivity contribution < 1.29 is 4.74 Å². The first-order chi connectivity index (χ1) is 10.3. The van der Waals surface area contributed by atoms with Crippen LogP contribution in [0, 0.1) is 0 Å². The van der Waals surface area contributed by atoms with Crippen LogP contribution in [0.15, 0.2) is 30.3 Å². The maximum absolute atomic E-state index is 5.77. The summed E-state index contributed by atoms with van der Waals surface area (Å²) in [6.07, 6.45) is 0. The summed E-state index contributed by atoms with van der Waals surface area (Å²) in [6, 6.07) is 9.83. The normalized spacial score (nSPS) is 10.5. The largest absolute Gasteiger partial charge is 0.472 e. The highest BCUT2D eigenvalue weighted by Crippen LogP contribution is 2.36. The number of aromatic nitrogens is 1. The van der Waals surface area contributed by atoms with Gasteiger partial charge in [0.25, 0.3) is 0 Å². The Morgan fingerprint density at radius 1 is 1.05 bits per heavy atom. The molecular formula is C17H23BN2O. The SMILES string of the molecule is CC.CC.[B]c1ccc2c(c1)COc1nc(NC)ccc1-2. The van der Waals surface area contributed by atoms with Crippen LogP contribution in [-0.4, -0.2) is 19.9 Å². The van der Waals surface area contributed by atoms with E-state index in [0.29, 0.717) is 12.5 Å². The molecule has 0 saturated heterocycles. The fraction of sp³-hybridized carbons (Fsp3) is 0.353. The molecule has 1 N–H and O–H groups in total. The van der Waals surface area contributed by atoms with Crippen molar-refractivity contribution in [2.24, 2.45) is 0 Å². The van der Waals surface area contributed by atoms with Gasteiger partial charge in [0, 0.05) is 12.6 Å². The molecule has 0 amide bonds. The zero-order valence-electron chi connectivity index (χ0n) is 13.5. The van der Waals surface area contributed by atoms with Crippen LogP contribution in [0.4, 0.5) is 5.82 Å². The van der Waals surface area contributed by atoms with Gasteiger partial charge in [0.05, 0.1) is 0 Å².